The Labute approximate surface area is 343 Å². The lowest BCUT2D eigenvalue weighted by molar-refractivity contribution is -0.133. The second kappa shape index (κ2) is 22.3. The molecule has 0 aliphatic heterocycles. The maximum absolute atomic E-state index is 14.1. The molecular formula is C42H52ClN11O4. The summed E-state index contributed by atoms with van der Waals surface area (Å²) in [6, 6.07) is 27.9. The summed E-state index contributed by atoms with van der Waals surface area (Å²) in [5.74, 6) is -3.16. The first-order valence-corrected chi connectivity index (χ1v) is 19.3. The number of carbonyl (C=O) groups excluding carboxylic acids is 4. The van der Waals surface area contributed by atoms with Crippen LogP contribution >= 0.6 is 11.6 Å². The largest absolute Gasteiger partial charge is 0.370 e. The first kappa shape index (κ1) is 44.3. The Hall–Kier alpha value is -6.45. The molecule has 58 heavy (non-hydrogen) atoms. The van der Waals surface area contributed by atoms with Crippen LogP contribution in [0.2, 0.25) is 5.02 Å². The number of nitrogens with two attached hydrogens (primary N) is 4. The van der Waals surface area contributed by atoms with Crippen LogP contribution in [-0.4, -0.2) is 72.8 Å². The molecule has 306 valence electrons. The van der Waals surface area contributed by atoms with Crippen LogP contribution in [0.25, 0.3) is 22.3 Å². The van der Waals surface area contributed by atoms with Crippen LogP contribution in [0, 0.1) is 10.8 Å². The molecule has 0 radical (unpaired) electrons. The molecule has 0 heterocycles. The van der Waals surface area contributed by atoms with Crippen LogP contribution < -0.4 is 49.5 Å². The number of rotatable bonds is 21. The minimum atomic E-state index is -1.20. The lowest BCUT2D eigenvalue weighted by Gasteiger charge is -2.26. The highest BCUT2D eigenvalue weighted by Gasteiger charge is 2.30. The van der Waals surface area contributed by atoms with Crippen molar-refractivity contribution in [1.82, 2.24) is 26.6 Å². The molecular weight excluding hydrogens is 758 g/mol. The first-order chi connectivity index (χ1) is 27.8. The zero-order chi connectivity index (χ0) is 42.0. The van der Waals surface area contributed by atoms with Gasteiger partial charge in [0.2, 0.25) is 23.6 Å². The maximum Gasteiger partial charge on any atom is 0.243 e. The third kappa shape index (κ3) is 14.6. The zero-order valence-electron chi connectivity index (χ0n) is 32.1. The monoisotopic (exact) mass is 809 g/mol. The number of hydrogen-bond donors (Lipinski definition) is 11. The van der Waals surface area contributed by atoms with Gasteiger partial charge in [-0.05, 0) is 77.6 Å². The van der Waals surface area contributed by atoms with Crippen molar-refractivity contribution < 1.29 is 19.2 Å². The first-order valence-electron chi connectivity index (χ1n) is 18.9. The molecule has 0 aromatic heterocycles. The minimum absolute atomic E-state index is 0.0236. The SMILES string of the molecule is N=C(N)NCCC[C@H](NC(=O)[C@H](Cc1ccc(-c2cccc(Cl)c2)cc1)NC(=O)[C@H](CCCNC(=N)N)NC(=O)[C@@H](N)Cc1ccc(-c2ccccc2)cc1)C(N)=O. The van der Waals surface area contributed by atoms with Gasteiger partial charge in [-0.15, -0.1) is 0 Å². The summed E-state index contributed by atoms with van der Waals surface area (Å²) < 4.78 is 0. The van der Waals surface area contributed by atoms with Crippen molar-refractivity contribution in [2.75, 3.05) is 13.1 Å². The van der Waals surface area contributed by atoms with Crippen molar-refractivity contribution in [2.45, 2.75) is 62.7 Å². The Kier molecular flexibility index (Phi) is 17.0. The molecule has 0 bridgehead atoms. The number of primary amides is 1. The molecule has 15 nitrogen and oxygen atoms in total. The van der Waals surface area contributed by atoms with E-state index in [0.29, 0.717) is 23.4 Å². The number of amides is 4. The highest BCUT2D eigenvalue weighted by Crippen LogP contribution is 2.24. The Bertz CT molecular complexity index is 2010. The number of halogens is 1. The van der Waals surface area contributed by atoms with Gasteiger partial charge in [-0.25, -0.2) is 0 Å². The summed E-state index contributed by atoms with van der Waals surface area (Å²) in [6.07, 6.45) is 1.17. The number of hydrogen-bond acceptors (Lipinski definition) is 7. The van der Waals surface area contributed by atoms with Gasteiger partial charge in [0, 0.05) is 24.5 Å². The number of carbonyl (C=O) groups is 4. The number of guanidine groups is 2. The fraction of sp³-hybridized carbons (Fsp3) is 0.286. The van der Waals surface area contributed by atoms with Gasteiger partial charge >= 0.3 is 0 Å². The fourth-order valence-corrected chi connectivity index (χ4v) is 6.38. The summed E-state index contributed by atoms with van der Waals surface area (Å²) in [5.41, 5.74) is 28.2. The van der Waals surface area contributed by atoms with Crippen LogP contribution in [0.3, 0.4) is 0 Å². The molecule has 0 saturated carbocycles. The van der Waals surface area contributed by atoms with Gasteiger partial charge < -0.3 is 49.5 Å². The van der Waals surface area contributed by atoms with Crippen LogP contribution in [0.15, 0.2) is 103 Å². The normalized spacial score (nSPS) is 12.9. The van der Waals surface area contributed by atoms with E-state index in [0.717, 1.165) is 27.8 Å². The van der Waals surface area contributed by atoms with Gasteiger partial charge in [-0.3, -0.25) is 30.0 Å². The van der Waals surface area contributed by atoms with E-state index < -0.39 is 47.8 Å². The van der Waals surface area contributed by atoms with Crippen molar-refractivity contribution in [3.63, 3.8) is 0 Å². The molecule has 4 amide bonds. The van der Waals surface area contributed by atoms with E-state index in [1.54, 1.807) is 6.07 Å². The molecule has 4 rings (SSSR count). The fourth-order valence-electron chi connectivity index (χ4n) is 6.19. The molecule has 4 aromatic rings. The van der Waals surface area contributed by atoms with E-state index >= 15 is 0 Å². The molecule has 0 aliphatic rings. The molecule has 15 N–H and O–H groups in total. The highest BCUT2D eigenvalue weighted by molar-refractivity contribution is 6.30. The standard InChI is InChI=1S/C42H52ClN11O4/c43-32-10-4-9-31(25-32)30-19-15-27(16-20-30)24-36(40(58)52-34(37(45)55)11-5-21-50-41(46)47)54-39(57)35(12-6-22-51-42(48)49)53-38(56)33(44)23-26-13-17-29(18-14-26)28-7-2-1-3-8-28/h1-4,7-10,13-20,25,33-36H,5-6,11-12,21-24,44H2,(H2,45,55)(H,52,58)(H,53,56)(H,54,57)(H4,46,47,50)(H4,48,49,51)/t33-,34-,35-,36-/m0/s1. The van der Waals surface area contributed by atoms with E-state index in [1.807, 2.05) is 97.1 Å². The third-order valence-corrected chi connectivity index (χ3v) is 9.54. The van der Waals surface area contributed by atoms with Crippen molar-refractivity contribution in [2.24, 2.45) is 22.9 Å². The lowest BCUT2D eigenvalue weighted by Crippen LogP contribution is -2.58. The van der Waals surface area contributed by atoms with Crippen molar-refractivity contribution >= 4 is 47.1 Å². The average molecular weight is 810 g/mol. The molecule has 0 fully saturated rings. The molecule has 0 unspecified atom stereocenters. The molecule has 4 aromatic carbocycles. The van der Waals surface area contributed by atoms with Crippen LogP contribution in [0.5, 0.6) is 0 Å². The van der Waals surface area contributed by atoms with E-state index in [-0.39, 0.29) is 50.7 Å². The third-order valence-electron chi connectivity index (χ3n) is 9.30. The zero-order valence-corrected chi connectivity index (χ0v) is 32.9. The van der Waals surface area contributed by atoms with E-state index in [4.69, 9.17) is 45.4 Å². The Morgan fingerprint density at radius 3 is 1.57 bits per heavy atom. The Morgan fingerprint density at radius 2 is 1.02 bits per heavy atom. The average Bonchev–Trinajstić information content (AvgIpc) is 3.20. The van der Waals surface area contributed by atoms with Crippen molar-refractivity contribution in [3.05, 3.63) is 119 Å². The molecule has 16 heteroatoms. The van der Waals surface area contributed by atoms with Gasteiger partial charge in [0.25, 0.3) is 0 Å². The molecule has 4 atom stereocenters. The van der Waals surface area contributed by atoms with Gasteiger partial charge in [0.15, 0.2) is 11.9 Å². The van der Waals surface area contributed by atoms with Crippen molar-refractivity contribution in [1.29, 1.82) is 10.8 Å². The predicted octanol–water partition coefficient (Wildman–Crippen LogP) is 2.25. The summed E-state index contributed by atoms with van der Waals surface area (Å²) in [4.78, 5) is 53.9. The van der Waals surface area contributed by atoms with E-state index in [9.17, 15) is 19.2 Å². The second-order valence-electron chi connectivity index (χ2n) is 13.8. The van der Waals surface area contributed by atoms with Crippen LogP contribution in [0.1, 0.15) is 36.8 Å². The van der Waals surface area contributed by atoms with E-state index in [1.165, 1.54) is 0 Å². The number of nitrogens with one attached hydrogen (secondary N) is 7. The lowest BCUT2D eigenvalue weighted by atomic mass is 9.99. The maximum atomic E-state index is 14.1. The predicted molar refractivity (Wildman–Crippen MR) is 227 cm³/mol. The molecule has 0 saturated heterocycles. The summed E-state index contributed by atoms with van der Waals surface area (Å²) in [7, 11) is 0. The van der Waals surface area contributed by atoms with Gasteiger partial charge in [-0.2, -0.15) is 0 Å². The van der Waals surface area contributed by atoms with Crippen LogP contribution in [0.4, 0.5) is 0 Å². The summed E-state index contributed by atoms with van der Waals surface area (Å²) in [6.45, 7) is 0.519. The minimum Gasteiger partial charge on any atom is -0.370 e. The van der Waals surface area contributed by atoms with E-state index in [2.05, 4.69) is 26.6 Å². The second-order valence-corrected chi connectivity index (χ2v) is 14.3. The Balaban J connectivity index is 1.52. The highest BCUT2D eigenvalue weighted by atomic mass is 35.5. The molecule has 0 aliphatic carbocycles. The molecule has 0 spiro atoms. The van der Waals surface area contributed by atoms with Crippen molar-refractivity contribution in [3.8, 4) is 22.3 Å². The topological polar surface area (TPSA) is 280 Å². The summed E-state index contributed by atoms with van der Waals surface area (Å²) >= 11 is 6.20. The van der Waals surface area contributed by atoms with Gasteiger partial charge in [0.05, 0.1) is 6.04 Å². The smallest absolute Gasteiger partial charge is 0.243 e. The summed E-state index contributed by atoms with van der Waals surface area (Å²) in [5, 5.41) is 29.0. The van der Waals surface area contributed by atoms with Gasteiger partial charge in [0.1, 0.15) is 18.1 Å². The van der Waals surface area contributed by atoms with Crippen LogP contribution in [-0.2, 0) is 32.0 Å². The number of benzene rings is 4. The van der Waals surface area contributed by atoms with Gasteiger partial charge in [-0.1, -0.05) is 103 Å². The Morgan fingerprint density at radius 1 is 0.552 bits per heavy atom. The quantitative estimate of drug-likeness (QED) is 0.0334.